The van der Waals surface area contributed by atoms with Gasteiger partial charge in [-0.1, -0.05) is 64.6 Å². The summed E-state index contributed by atoms with van der Waals surface area (Å²) in [4.78, 5) is 18.8. The molecule has 2 N–H and O–H groups in total. The van der Waals surface area contributed by atoms with Crippen LogP contribution in [0.15, 0.2) is 78.3 Å². The zero-order valence-corrected chi connectivity index (χ0v) is 23.8. The lowest BCUT2D eigenvalue weighted by Gasteiger charge is -2.30. The van der Waals surface area contributed by atoms with Crippen LogP contribution in [0.1, 0.15) is 35.6 Å². The highest BCUT2D eigenvalue weighted by molar-refractivity contribution is 6.35. The van der Waals surface area contributed by atoms with E-state index >= 15 is 0 Å². The number of carbonyl (C=O) groups excluding carboxylic acids is 1. The highest BCUT2D eigenvalue weighted by atomic mass is 35.5. The predicted octanol–water partition coefficient (Wildman–Crippen LogP) is 7.21. The lowest BCUT2D eigenvalue weighted by Crippen LogP contribution is -2.47. The first-order valence-corrected chi connectivity index (χ1v) is 13.7. The first kappa shape index (κ1) is 29.2. The summed E-state index contributed by atoms with van der Waals surface area (Å²) in [6, 6.07) is 17.2. The fraction of sp³-hybridized carbons (Fsp3) is 0.241. The van der Waals surface area contributed by atoms with E-state index in [2.05, 4.69) is 11.9 Å². The maximum absolute atomic E-state index is 13.9. The SMILES string of the molecule is C=CC[C@@]1(C(=O)NCc2ccc(Cl)cc2Cl)N=C(c2ccc(OCCCO)cc2)O[C@@H]1c1ccc(Cl)cc1Cl. The number of nitrogens with zero attached hydrogens (tertiary/aromatic N) is 1. The summed E-state index contributed by atoms with van der Waals surface area (Å²) in [6.07, 6.45) is 1.46. The molecule has 0 fully saturated rings. The van der Waals surface area contributed by atoms with E-state index in [0.29, 0.717) is 55.6 Å². The molecular formula is C29H26Cl4N2O4. The molecule has 3 aromatic carbocycles. The molecule has 2 atom stereocenters. The van der Waals surface area contributed by atoms with Crippen LogP contribution in [0.2, 0.25) is 20.1 Å². The Morgan fingerprint density at radius 2 is 1.74 bits per heavy atom. The summed E-state index contributed by atoms with van der Waals surface area (Å²) in [6.45, 7) is 4.47. The Kier molecular flexibility index (Phi) is 9.81. The van der Waals surface area contributed by atoms with Crippen LogP contribution in [0.4, 0.5) is 0 Å². The average molecular weight is 608 g/mol. The van der Waals surface area contributed by atoms with Crippen LogP contribution in [0.25, 0.3) is 0 Å². The number of amides is 1. The molecule has 1 amide bonds. The summed E-state index contributed by atoms with van der Waals surface area (Å²) in [5, 5.41) is 13.7. The van der Waals surface area contributed by atoms with Crippen molar-refractivity contribution in [1.82, 2.24) is 5.32 Å². The maximum atomic E-state index is 13.9. The molecule has 10 heteroatoms. The van der Waals surface area contributed by atoms with Gasteiger partial charge in [-0.2, -0.15) is 0 Å². The van der Waals surface area contributed by atoms with Gasteiger partial charge in [0.05, 0.1) is 6.61 Å². The molecule has 1 heterocycles. The molecule has 0 aliphatic carbocycles. The molecule has 0 saturated heterocycles. The Bertz CT molecular complexity index is 1380. The second-order valence-corrected chi connectivity index (χ2v) is 10.6. The van der Waals surface area contributed by atoms with Gasteiger partial charge in [-0.3, -0.25) is 4.79 Å². The predicted molar refractivity (Wildman–Crippen MR) is 156 cm³/mol. The van der Waals surface area contributed by atoms with Crippen molar-refractivity contribution >= 4 is 58.2 Å². The summed E-state index contributed by atoms with van der Waals surface area (Å²) < 4.78 is 12.0. The average Bonchev–Trinajstić information content (AvgIpc) is 3.29. The van der Waals surface area contributed by atoms with E-state index < -0.39 is 11.6 Å². The Morgan fingerprint density at radius 1 is 1.05 bits per heavy atom. The van der Waals surface area contributed by atoms with Gasteiger partial charge < -0.3 is 19.9 Å². The monoisotopic (exact) mass is 606 g/mol. The van der Waals surface area contributed by atoms with E-state index in [0.717, 1.165) is 0 Å². The molecule has 204 valence electrons. The normalized spacial score (nSPS) is 18.3. The number of carbonyl (C=O) groups is 1. The molecule has 4 rings (SSSR count). The summed E-state index contributed by atoms with van der Waals surface area (Å²) >= 11 is 25.1. The van der Waals surface area contributed by atoms with Crippen molar-refractivity contribution in [2.75, 3.05) is 13.2 Å². The van der Waals surface area contributed by atoms with Crippen LogP contribution < -0.4 is 10.1 Å². The molecule has 3 aromatic rings. The van der Waals surface area contributed by atoms with Gasteiger partial charge in [-0.25, -0.2) is 4.99 Å². The maximum Gasteiger partial charge on any atom is 0.252 e. The third-order valence-electron chi connectivity index (χ3n) is 6.18. The van der Waals surface area contributed by atoms with E-state index in [1.807, 2.05) is 0 Å². The first-order valence-electron chi connectivity index (χ1n) is 12.2. The number of ether oxygens (including phenoxy) is 2. The molecule has 0 aromatic heterocycles. The standard InChI is InChI=1S/C29H26Cl4N2O4/c1-2-12-29(28(37)34-17-19-4-7-20(30)15-24(19)32)26(23-11-8-21(31)16-25(23)33)39-27(35-29)18-5-9-22(10-6-18)38-14-3-13-36/h2,4-11,15-16,26,36H,1,3,12-14,17H2,(H,34,37)/t26-,29-/m1/s1. The topological polar surface area (TPSA) is 80.2 Å². The number of halogens is 4. The molecule has 0 bridgehead atoms. The number of nitrogens with one attached hydrogen (secondary N) is 1. The lowest BCUT2D eigenvalue weighted by atomic mass is 9.84. The number of aliphatic hydroxyl groups excluding tert-OH is 1. The highest BCUT2D eigenvalue weighted by Crippen LogP contribution is 2.45. The van der Waals surface area contributed by atoms with E-state index in [4.69, 9.17) is 66.0 Å². The van der Waals surface area contributed by atoms with Crippen LogP contribution >= 0.6 is 46.4 Å². The molecule has 0 unspecified atom stereocenters. The third kappa shape index (κ3) is 6.71. The number of aliphatic imine (C=N–C) groups is 1. The molecule has 6 nitrogen and oxygen atoms in total. The molecule has 1 aliphatic rings. The zero-order valence-electron chi connectivity index (χ0n) is 20.8. The van der Waals surface area contributed by atoms with E-state index in [1.54, 1.807) is 66.7 Å². The number of rotatable bonds is 11. The minimum Gasteiger partial charge on any atom is -0.494 e. The number of benzene rings is 3. The second-order valence-electron chi connectivity index (χ2n) is 8.87. The Balaban J connectivity index is 1.70. The Labute approximate surface area is 247 Å². The Hall–Kier alpha value is -2.74. The van der Waals surface area contributed by atoms with E-state index in [-0.39, 0.29) is 31.4 Å². The van der Waals surface area contributed by atoms with Crippen molar-refractivity contribution in [1.29, 1.82) is 0 Å². The molecule has 0 saturated carbocycles. The van der Waals surface area contributed by atoms with Gasteiger partial charge in [0.2, 0.25) is 5.90 Å². The fourth-order valence-electron chi connectivity index (χ4n) is 4.22. The van der Waals surface area contributed by atoms with Crippen LogP contribution in [0.5, 0.6) is 5.75 Å². The number of hydrogen-bond acceptors (Lipinski definition) is 5. The third-order valence-corrected chi connectivity index (χ3v) is 7.33. The van der Waals surface area contributed by atoms with Gasteiger partial charge in [-0.15, -0.1) is 6.58 Å². The van der Waals surface area contributed by atoms with Crippen molar-refractivity contribution in [3.8, 4) is 5.75 Å². The molecule has 39 heavy (non-hydrogen) atoms. The van der Waals surface area contributed by atoms with Gasteiger partial charge in [0.25, 0.3) is 5.91 Å². The minimum atomic E-state index is -1.41. The van der Waals surface area contributed by atoms with Crippen LogP contribution in [0, 0.1) is 0 Å². The zero-order chi connectivity index (χ0) is 28.0. The van der Waals surface area contributed by atoms with Crippen molar-refractivity contribution in [3.63, 3.8) is 0 Å². The van der Waals surface area contributed by atoms with Crippen molar-refractivity contribution in [2.24, 2.45) is 4.99 Å². The Morgan fingerprint density at radius 3 is 2.38 bits per heavy atom. The van der Waals surface area contributed by atoms with Crippen LogP contribution in [0.3, 0.4) is 0 Å². The lowest BCUT2D eigenvalue weighted by molar-refractivity contribution is -0.129. The molecule has 0 spiro atoms. The largest absolute Gasteiger partial charge is 0.494 e. The van der Waals surface area contributed by atoms with Crippen LogP contribution in [-0.2, 0) is 16.1 Å². The highest BCUT2D eigenvalue weighted by Gasteiger charge is 2.53. The second kappa shape index (κ2) is 13.1. The summed E-state index contributed by atoms with van der Waals surface area (Å²) in [7, 11) is 0. The molecular weight excluding hydrogens is 582 g/mol. The molecule has 0 radical (unpaired) electrons. The first-order chi connectivity index (χ1) is 18.8. The smallest absolute Gasteiger partial charge is 0.252 e. The van der Waals surface area contributed by atoms with Gasteiger partial charge in [0, 0.05) is 57.2 Å². The van der Waals surface area contributed by atoms with Crippen molar-refractivity contribution < 1.29 is 19.4 Å². The van der Waals surface area contributed by atoms with E-state index in [1.165, 1.54) is 0 Å². The van der Waals surface area contributed by atoms with Crippen LogP contribution in [-0.4, -0.2) is 35.7 Å². The fourth-order valence-corrected chi connectivity index (χ4v) is 5.20. The minimum absolute atomic E-state index is 0.0506. The van der Waals surface area contributed by atoms with Gasteiger partial charge in [0.1, 0.15) is 5.75 Å². The van der Waals surface area contributed by atoms with Gasteiger partial charge in [-0.05, 0) is 54.1 Å². The summed E-state index contributed by atoms with van der Waals surface area (Å²) in [5.74, 6) is 0.524. The van der Waals surface area contributed by atoms with Gasteiger partial charge in [0.15, 0.2) is 11.6 Å². The van der Waals surface area contributed by atoms with Crippen molar-refractivity contribution in [2.45, 2.75) is 31.0 Å². The number of hydrogen-bond donors (Lipinski definition) is 2. The molecule has 1 aliphatic heterocycles. The van der Waals surface area contributed by atoms with E-state index in [9.17, 15) is 4.79 Å². The summed E-state index contributed by atoms with van der Waals surface area (Å²) in [5.41, 5.74) is 0.498. The number of aliphatic hydroxyl groups is 1. The van der Waals surface area contributed by atoms with Crippen molar-refractivity contribution in [3.05, 3.63) is 110 Å². The quantitative estimate of drug-likeness (QED) is 0.178. The van der Waals surface area contributed by atoms with Gasteiger partial charge >= 0.3 is 0 Å².